The third-order valence-corrected chi connectivity index (χ3v) is 5.29. The van der Waals surface area contributed by atoms with Crippen LogP contribution < -0.4 is 10.0 Å². The fraction of sp³-hybridized carbons (Fsp3) is 0.250. The molecule has 2 aromatic rings. The van der Waals surface area contributed by atoms with E-state index in [4.69, 9.17) is 0 Å². The molecule has 1 aromatic heterocycles. The maximum absolute atomic E-state index is 12.5. The number of nitrogens with one attached hydrogen (secondary N) is 2. The first-order chi connectivity index (χ1) is 11.3. The van der Waals surface area contributed by atoms with Gasteiger partial charge in [0.1, 0.15) is 6.04 Å². The van der Waals surface area contributed by atoms with Gasteiger partial charge in [0.15, 0.2) is 0 Å². The van der Waals surface area contributed by atoms with Gasteiger partial charge in [-0.15, -0.1) is 0 Å². The molecule has 0 aliphatic carbocycles. The van der Waals surface area contributed by atoms with E-state index in [0.29, 0.717) is 5.69 Å². The fourth-order valence-corrected chi connectivity index (χ4v) is 3.60. The van der Waals surface area contributed by atoms with Gasteiger partial charge in [-0.2, -0.15) is 4.72 Å². The third-order valence-electron chi connectivity index (χ3n) is 3.30. The molecule has 1 amide bonds. The molecule has 2 rings (SSSR count). The van der Waals surface area contributed by atoms with Crippen LogP contribution in [-0.2, 0) is 14.8 Å². The van der Waals surface area contributed by atoms with E-state index in [9.17, 15) is 13.2 Å². The minimum absolute atomic E-state index is 0.105. The molecule has 24 heavy (non-hydrogen) atoms. The smallest absolute Gasteiger partial charge is 0.242 e. The monoisotopic (exact) mass is 411 g/mol. The van der Waals surface area contributed by atoms with E-state index < -0.39 is 22.0 Å². The summed E-state index contributed by atoms with van der Waals surface area (Å²) in [6.45, 7) is 3.56. The van der Waals surface area contributed by atoms with Crippen LogP contribution in [0.1, 0.15) is 13.8 Å². The Hall–Kier alpha value is -1.77. The molecule has 0 radical (unpaired) electrons. The van der Waals surface area contributed by atoms with Crippen molar-refractivity contribution in [3.63, 3.8) is 0 Å². The summed E-state index contributed by atoms with van der Waals surface area (Å²) >= 11 is 3.26. The van der Waals surface area contributed by atoms with Gasteiger partial charge in [-0.3, -0.25) is 9.78 Å². The van der Waals surface area contributed by atoms with E-state index in [0.717, 1.165) is 4.47 Å². The first kappa shape index (κ1) is 18.6. The predicted molar refractivity (Wildman–Crippen MR) is 96.0 cm³/mol. The van der Waals surface area contributed by atoms with Gasteiger partial charge in [0.2, 0.25) is 15.9 Å². The Morgan fingerprint density at radius 3 is 2.21 bits per heavy atom. The van der Waals surface area contributed by atoms with Crippen LogP contribution in [0.15, 0.2) is 58.2 Å². The minimum Gasteiger partial charge on any atom is -0.325 e. The topological polar surface area (TPSA) is 88.2 Å². The summed E-state index contributed by atoms with van der Waals surface area (Å²) in [5.41, 5.74) is 0.559. The molecule has 1 aromatic carbocycles. The molecule has 0 unspecified atom stereocenters. The van der Waals surface area contributed by atoms with Gasteiger partial charge in [-0.25, -0.2) is 8.42 Å². The molecule has 1 heterocycles. The maximum Gasteiger partial charge on any atom is 0.242 e. The van der Waals surface area contributed by atoms with Gasteiger partial charge < -0.3 is 5.32 Å². The van der Waals surface area contributed by atoms with Gasteiger partial charge in [0.25, 0.3) is 0 Å². The highest BCUT2D eigenvalue weighted by molar-refractivity contribution is 9.10. The number of carbonyl (C=O) groups excluding carboxylic acids is 1. The first-order valence-corrected chi connectivity index (χ1v) is 9.56. The highest BCUT2D eigenvalue weighted by Gasteiger charge is 2.28. The Morgan fingerprint density at radius 2 is 1.67 bits per heavy atom. The first-order valence-electron chi connectivity index (χ1n) is 7.28. The predicted octanol–water partition coefficient (Wildman–Crippen LogP) is 2.79. The van der Waals surface area contributed by atoms with Crippen molar-refractivity contribution < 1.29 is 13.2 Å². The zero-order valence-electron chi connectivity index (χ0n) is 13.2. The summed E-state index contributed by atoms with van der Waals surface area (Å²) in [6, 6.07) is 8.60. The van der Waals surface area contributed by atoms with E-state index >= 15 is 0 Å². The summed E-state index contributed by atoms with van der Waals surface area (Å²) in [7, 11) is -3.80. The SMILES string of the molecule is CC(C)[C@H](NS(=O)(=O)c1ccc(Br)cc1)C(=O)Nc1ccncc1. The lowest BCUT2D eigenvalue weighted by molar-refractivity contribution is -0.118. The van der Waals surface area contributed by atoms with E-state index in [1.807, 2.05) is 0 Å². The average molecular weight is 412 g/mol. The zero-order chi connectivity index (χ0) is 17.7. The summed E-state index contributed by atoms with van der Waals surface area (Å²) < 4.78 is 28.3. The lowest BCUT2D eigenvalue weighted by Crippen LogP contribution is -2.47. The number of hydrogen-bond acceptors (Lipinski definition) is 4. The van der Waals surface area contributed by atoms with Crippen molar-refractivity contribution in [2.75, 3.05) is 5.32 Å². The summed E-state index contributed by atoms with van der Waals surface area (Å²) in [5.74, 6) is -0.644. The number of pyridine rings is 1. The number of rotatable bonds is 6. The average Bonchev–Trinajstić information content (AvgIpc) is 2.53. The second-order valence-electron chi connectivity index (χ2n) is 5.52. The van der Waals surface area contributed by atoms with Gasteiger partial charge in [-0.05, 0) is 42.3 Å². The molecule has 2 N–H and O–H groups in total. The quantitative estimate of drug-likeness (QED) is 0.764. The van der Waals surface area contributed by atoms with Gasteiger partial charge in [-0.1, -0.05) is 29.8 Å². The zero-order valence-corrected chi connectivity index (χ0v) is 15.6. The molecule has 0 saturated carbocycles. The number of carbonyl (C=O) groups is 1. The van der Waals surface area contributed by atoms with Gasteiger partial charge in [0, 0.05) is 22.6 Å². The molecule has 0 fully saturated rings. The second kappa shape index (κ2) is 7.87. The van der Waals surface area contributed by atoms with Crippen molar-refractivity contribution in [2.45, 2.75) is 24.8 Å². The van der Waals surface area contributed by atoms with Crippen molar-refractivity contribution >= 4 is 37.5 Å². The largest absolute Gasteiger partial charge is 0.325 e. The molecule has 0 bridgehead atoms. The lowest BCUT2D eigenvalue weighted by atomic mass is 10.1. The van der Waals surface area contributed by atoms with E-state index in [1.54, 1.807) is 50.5 Å². The number of anilines is 1. The fourth-order valence-electron chi connectivity index (χ4n) is 2.00. The number of benzene rings is 1. The van der Waals surface area contributed by atoms with Crippen LogP contribution in [0.3, 0.4) is 0 Å². The van der Waals surface area contributed by atoms with E-state index in [-0.39, 0.29) is 10.8 Å². The molecule has 8 heteroatoms. The van der Waals surface area contributed by atoms with E-state index in [1.165, 1.54) is 12.1 Å². The summed E-state index contributed by atoms with van der Waals surface area (Å²) in [5, 5.41) is 2.69. The van der Waals surface area contributed by atoms with Gasteiger partial charge >= 0.3 is 0 Å². The Balaban J connectivity index is 2.18. The van der Waals surface area contributed by atoms with Crippen LogP contribution in [0.2, 0.25) is 0 Å². The summed E-state index contributed by atoms with van der Waals surface area (Å²) in [6.07, 6.45) is 3.10. The van der Waals surface area contributed by atoms with Crippen molar-refractivity contribution in [1.82, 2.24) is 9.71 Å². The number of amides is 1. The summed E-state index contributed by atoms with van der Waals surface area (Å²) in [4.78, 5) is 16.4. The lowest BCUT2D eigenvalue weighted by Gasteiger charge is -2.21. The standard InChI is InChI=1S/C16H18BrN3O3S/c1-11(2)15(16(21)19-13-7-9-18-10-8-13)20-24(22,23)14-5-3-12(17)4-6-14/h3-11,15,20H,1-2H3,(H,18,19,21)/t15-/m0/s1. The molecular weight excluding hydrogens is 394 g/mol. The molecule has 0 spiro atoms. The van der Waals surface area contributed by atoms with Crippen molar-refractivity contribution in [1.29, 1.82) is 0 Å². The van der Waals surface area contributed by atoms with Crippen LogP contribution in [0.4, 0.5) is 5.69 Å². The maximum atomic E-state index is 12.5. The molecule has 0 aliphatic heterocycles. The third kappa shape index (κ3) is 4.86. The molecular formula is C16H18BrN3O3S. The number of hydrogen-bond donors (Lipinski definition) is 2. The molecule has 1 atom stereocenters. The molecule has 0 aliphatic rings. The Bertz CT molecular complexity index is 793. The van der Waals surface area contributed by atoms with Gasteiger partial charge in [0.05, 0.1) is 4.90 Å². The highest BCUT2D eigenvalue weighted by atomic mass is 79.9. The van der Waals surface area contributed by atoms with Crippen LogP contribution >= 0.6 is 15.9 Å². The number of aromatic nitrogens is 1. The number of halogens is 1. The normalized spacial score (nSPS) is 12.8. The Kier molecular flexibility index (Phi) is 6.09. The van der Waals surface area contributed by atoms with Crippen LogP contribution in [0, 0.1) is 5.92 Å². The minimum atomic E-state index is -3.80. The number of sulfonamides is 1. The van der Waals surface area contributed by atoms with Crippen LogP contribution in [-0.4, -0.2) is 25.4 Å². The molecule has 0 saturated heterocycles. The highest BCUT2D eigenvalue weighted by Crippen LogP contribution is 2.17. The Labute approximate surface area is 149 Å². The number of nitrogens with zero attached hydrogens (tertiary/aromatic N) is 1. The van der Waals surface area contributed by atoms with E-state index in [2.05, 4.69) is 31.0 Å². The van der Waals surface area contributed by atoms with Crippen molar-refractivity contribution in [3.05, 3.63) is 53.3 Å². The van der Waals surface area contributed by atoms with Crippen LogP contribution in [0.5, 0.6) is 0 Å². The van der Waals surface area contributed by atoms with Crippen LogP contribution in [0.25, 0.3) is 0 Å². The van der Waals surface area contributed by atoms with Crippen molar-refractivity contribution in [3.8, 4) is 0 Å². The molecule has 6 nitrogen and oxygen atoms in total. The van der Waals surface area contributed by atoms with Crippen molar-refractivity contribution in [2.24, 2.45) is 5.92 Å². The second-order valence-corrected chi connectivity index (χ2v) is 8.15. The molecule has 128 valence electrons. The Morgan fingerprint density at radius 1 is 1.08 bits per heavy atom.